The maximum absolute atomic E-state index is 13.5. The van der Waals surface area contributed by atoms with Crippen molar-refractivity contribution >= 4 is 28.9 Å². The second-order valence-electron chi connectivity index (χ2n) is 6.97. The van der Waals surface area contributed by atoms with Crippen molar-refractivity contribution < 1.29 is 23.1 Å². The number of halogens is 4. The lowest BCUT2D eigenvalue weighted by atomic mass is 9.98. The van der Waals surface area contributed by atoms with Gasteiger partial charge in [0.15, 0.2) is 5.82 Å². The summed E-state index contributed by atoms with van der Waals surface area (Å²) in [6, 6.07) is 14.1. The predicted molar refractivity (Wildman–Crippen MR) is 118 cm³/mol. The fourth-order valence-electron chi connectivity index (χ4n) is 3.18. The van der Waals surface area contributed by atoms with Gasteiger partial charge < -0.3 is 5.11 Å². The fourth-order valence-corrected chi connectivity index (χ4v) is 4.30. The third kappa shape index (κ3) is 4.37. The topological polar surface area (TPSA) is 63.1 Å². The summed E-state index contributed by atoms with van der Waals surface area (Å²) in [7, 11) is 0. The molecule has 0 aliphatic rings. The molecule has 162 valence electrons. The van der Waals surface area contributed by atoms with E-state index in [0.29, 0.717) is 32.2 Å². The third-order valence-corrected chi connectivity index (χ3v) is 6.15. The van der Waals surface area contributed by atoms with Gasteiger partial charge in [0, 0.05) is 5.56 Å². The molecule has 4 nitrogen and oxygen atoms in total. The number of carbonyl (C=O) groups is 1. The highest BCUT2D eigenvalue weighted by atomic mass is 35.5. The molecule has 2 heterocycles. The van der Waals surface area contributed by atoms with Gasteiger partial charge in [0.1, 0.15) is 5.69 Å². The van der Waals surface area contributed by atoms with Gasteiger partial charge in [-0.3, -0.25) is 0 Å². The molecule has 0 aliphatic heterocycles. The number of aromatic nitrogens is 2. The van der Waals surface area contributed by atoms with Crippen LogP contribution in [0.2, 0.25) is 5.02 Å². The van der Waals surface area contributed by atoms with E-state index in [0.717, 1.165) is 6.07 Å². The van der Waals surface area contributed by atoms with Crippen LogP contribution in [0.1, 0.15) is 21.6 Å². The van der Waals surface area contributed by atoms with E-state index in [9.17, 15) is 23.1 Å². The molecule has 0 amide bonds. The Balaban J connectivity index is 1.85. The quantitative estimate of drug-likeness (QED) is 0.339. The van der Waals surface area contributed by atoms with Crippen LogP contribution in [0.5, 0.6) is 0 Å². The van der Waals surface area contributed by atoms with Gasteiger partial charge in [-0.15, -0.1) is 11.3 Å². The molecule has 2 aromatic heterocycles. The highest BCUT2D eigenvalue weighted by Crippen LogP contribution is 2.37. The standard InChI is InChI=1S/C23H14ClF3N2O2S/c1-12-5-6-14(10-16(12)22(30)31)13-3-2-4-15(9-13)21-28-18(20-17(24)7-8-32-20)11-19(29-21)23(25,26)27/h2-11H,1H3,(H,30,31). The minimum absolute atomic E-state index is 0.0798. The largest absolute Gasteiger partial charge is 0.478 e. The lowest BCUT2D eigenvalue weighted by molar-refractivity contribution is -0.141. The number of carboxylic acids is 1. The Labute approximate surface area is 190 Å². The van der Waals surface area contributed by atoms with Crippen molar-refractivity contribution in [1.29, 1.82) is 0 Å². The molecule has 0 spiro atoms. The predicted octanol–water partition coefficient (Wildman–Crippen LogP) is 7.22. The fraction of sp³-hybridized carbons (Fsp3) is 0.0870. The molecule has 4 rings (SSSR count). The second-order valence-corrected chi connectivity index (χ2v) is 8.30. The molecule has 0 radical (unpaired) electrons. The maximum Gasteiger partial charge on any atom is 0.433 e. The number of aryl methyl sites for hydroxylation is 1. The van der Waals surface area contributed by atoms with E-state index in [2.05, 4.69) is 9.97 Å². The summed E-state index contributed by atoms with van der Waals surface area (Å²) in [5.74, 6) is -1.16. The number of aromatic carboxylic acids is 1. The summed E-state index contributed by atoms with van der Waals surface area (Å²) in [4.78, 5) is 20.0. The number of benzene rings is 2. The zero-order valence-corrected chi connectivity index (χ0v) is 18.0. The second kappa shape index (κ2) is 8.37. The van der Waals surface area contributed by atoms with E-state index in [-0.39, 0.29) is 17.1 Å². The molecule has 0 bridgehead atoms. The van der Waals surface area contributed by atoms with Crippen molar-refractivity contribution in [1.82, 2.24) is 9.97 Å². The lowest BCUT2D eigenvalue weighted by Gasteiger charge is -2.12. The lowest BCUT2D eigenvalue weighted by Crippen LogP contribution is -2.10. The van der Waals surface area contributed by atoms with Gasteiger partial charge in [-0.25, -0.2) is 14.8 Å². The molecule has 9 heteroatoms. The number of hydrogen-bond donors (Lipinski definition) is 1. The Kier molecular flexibility index (Phi) is 5.75. The van der Waals surface area contributed by atoms with E-state index in [1.54, 1.807) is 54.8 Å². The van der Waals surface area contributed by atoms with E-state index in [1.807, 2.05) is 0 Å². The molecule has 2 aromatic carbocycles. The van der Waals surface area contributed by atoms with Gasteiger partial charge in [0.25, 0.3) is 0 Å². The molecular weight excluding hydrogens is 461 g/mol. The van der Waals surface area contributed by atoms with Gasteiger partial charge in [-0.2, -0.15) is 13.2 Å². The van der Waals surface area contributed by atoms with Gasteiger partial charge in [-0.05, 0) is 53.3 Å². The summed E-state index contributed by atoms with van der Waals surface area (Å²) in [5.41, 5.74) is 1.37. The van der Waals surface area contributed by atoms with Crippen molar-refractivity contribution in [3.05, 3.63) is 81.8 Å². The van der Waals surface area contributed by atoms with Crippen molar-refractivity contribution in [2.75, 3.05) is 0 Å². The third-order valence-electron chi connectivity index (χ3n) is 4.79. The minimum atomic E-state index is -4.67. The summed E-state index contributed by atoms with van der Waals surface area (Å²) in [6.45, 7) is 1.69. The summed E-state index contributed by atoms with van der Waals surface area (Å²) < 4.78 is 40.6. The van der Waals surface area contributed by atoms with Crippen molar-refractivity contribution in [2.24, 2.45) is 0 Å². The van der Waals surface area contributed by atoms with Crippen LogP contribution < -0.4 is 0 Å². The molecular formula is C23H14ClF3N2O2S. The van der Waals surface area contributed by atoms with Crippen LogP contribution >= 0.6 is 22.9 Å². The molecule has 0 saturated heterocycles. The van der Waals surface area contributed by atoms with E-state index in [1.165, 1.54) is 17.4 Å². The number of rotatable bonds is 4. The Morgan fingerprint density at radius 2 is 1.72 bits per heavy atom. The van der Waals surface area contributed by atoms with Crippen molar-refractivity contribution in [3.63, 3.8) is 0 Å². The highest BCUT2D eigenvalue weighted by Gasteiger charge is 2.34. The number of carboxylic acid groups (broad SMARTS) is 1. The summed E-state index contributed by atoms with van der Waals surface area (Å²) in [5, 5.41) is 11.4. The average molecular weight is 475 g/mol. The first-order chi connectivity index (χ1) is 15.1. The van der Waals surface area contributed by atoms with Gasteiger partial charge in [0.2, 0.25) is 0 Å². The number of nitrogens with zero attached hydrogens (tertiary/aromatic N) is 2. The monoisotopic (exact) mass is 474 g/mol. The Hall–Kier alpha value is -3.23. The normalized spacial score (nSPS) is 11.5. The van der Waals surface area contributed by atoms with Crippen LogP contribution in [-0.2, 0) is 6.18 Å². The van der Waals surface area contributed by atoms with Crippen LogP contribution in [0.4, 0.5) is 13.2 Å². The molecule has 0 unspecified atom stereocenters. The first-order valence-electron chi connectivity index (χ1n) is 9.28. The van der Waals surface area contributed by atoms with Crippen LogP contribution in [0.25, 0.3) is 33.1 Å². The Bertz CT molecular complexity index is 1340. The summed E-state index contributed by atoms with van der Waals surface area (Å²) in [6.07, 6.45) is -4.67. The number of thiophene rings is 1. The van der Waals surface area contributed by atoms with E-state index in [4.69, 9.17) is 11.6 Å². The Morgan fingerprint density at radius 3 is 2.38 bits per heavy atom. The molecule has 0 saturated carbocycles. The number of hydrogen-bond acceptors (Lipinski definition) is 4. The zero-order chi connectivity index (χ0) is 23.0. The molecule has 0 aliphatic carbocycles. The smallest absolute Gasteiger partial charge is 0.433 e. The zero-order valence-electron chi connectivity index (χ0n) is 16.4. The van der Waals surface area contributed by atoms with Crippen LogP contribution in [0, 0.1) is 6.92 Å². The average Bonchev–Trinajstić information content (AvgIpc) is 3.19. The molecule has 0 fully saturated rings. The number of alkyl halides is 3. The molecule has 32 heavy (non-hydrogen) atoms. The first kappa shape index (κ1) is 22.0. The summed E-state index contributed by atoms with van der Waals surface area (Å²) >= 11 is 7.30. The van der Waals surface area contributed by atoms with Crippen molar-refractivity contribution in [3.8, 4) is 33.1 Å². The van der Waals surface area contributed by atoms with Crippen LogP contribution in [0.15, 0.2) is 60.0 Å². The van der Waals surface area contributed by atoms with Crippen molar-refractivity contribution in [2.45, 2.75) is 13.1 Å². The SMILES string of the molecule is Cc1ccc(-c2cccc(-c3nc(-c4sccc4Cl)cc(C(F)(F)F)n3)c2)cc1C(=O)O. The van der Waals surface area contributed by atoms with Gasteiger partial charge in [-0.1, -0.05) is 41.9 Å². The first-order valence-corrected chi connectivity index (χ1v) is 10.5. The molecule has 1 N–H and O–H groups in total. The van der Waals surface area contributed by atoms with E-state index >= 15 is 0 Å². The maximum atomic E-state index is 13.5. The minimum Gasteiger partial charge on any atom is -0.478 e. The molecule has 4 aromatic rings. The van der Waals surface area contributed by atoms with Crippen LogP contribution in [-0.4, -0.2) is 21.0 Å². The van der Waals surface area contributed by atoms with Crippen LogP contribution in [0.3, 0.4) is 0 Å². The van der Waals surface area contributed by atoms with Gasteiger partial charge in [0.05, 0.1) is 21.2 Å². The molecule has 0 atom stereocenters. The highest BCUT2D eigenvalue weighted by molar-refractivity contribution is 7.14. The Morgan fingerprint density at radius 1 is 1.00 bits per heavy atom. The van der Waals surface area contributed by atoms with E-state index < -0.39 is 17.8 Å². The van der Waals surface area contributed by atoms with Gasteiger partial charge >= 0.3 is 12.1 Å².